The van der Waals surface area contributed by atoms with Crippen molar-refractivity contribution < 1.29 is 22.9 Å². The van der Waals surface area contributed by atoms with E-state index in [9.17, 15) is 23.3 Å². The topological polar surface area (TPSA) is 104 Å². The molecule has 3 rings (SSSR count). The Bertz CT molecular complexity index is 1180. The van der Waals surface area contributed by atoms with Crippen LogP contribution in [0.3, 0.4) is 0 Å². The zero-order valence-electron chi connectivity index (χ0n) is 14.8. The zero-order valence-corrected chi connectivity index (χ0v) is 17.2. The molecular formula is C20H14BrNO6S. The van der Waals surface area contributed by atoms with Gasteiger partial charge in [0, 0.05) is 22.2 Å². The lowest BCUT2D eigenvalue weighted by Gasteiger charge is -2.11. The number of non-ortho nitro benzene ring substituents is 1. The maximum Gasteiger partial charge on any atom is 0.339 e. The van der Waals surface area contributed by atoms with Crippen molar-refractivity contribution in [1.29, 1.82) is 0 Å². The van der Waals surface area contributed by atoms with Gasteiger partial charge < -0.3 is 4.74 Å². The van der Waals surface area contributed by atoms with Crippen LogP contribution in [0.4, 0.5) is 5.69 Å². The SMILES string of the molecule is O=C(OCc1ccccc1Br)c1ccccc1S(=O)(=O)c1ccc([N+](=O)[O-])cc1. The number of carbonyl (C=O) groups excluding carboxylic acids is 1. The molecule has 0 fully saturated rings. The Labute approximate surface area is 175 Å². The van der Waals surface area contributed by atoms with Gasteiger partial charge in [0.15, 0.2) is 0 Å². The van der Waals surface area contributed by atoms with Gasteiger partial charge in [-0.05, 0) is 30.3 Å². The normalized spacial score (nSPS) is 11.1. The van der Waals surface area contributed by atoms with Gasteiger partial charge in [0.25, 0.3) is 5.69 Å². The second-order valence-corrected chi connectivity index (χ2v) is 8.69. The third-order valence-corrected chi connectivity index (χ3v) is 6.67. The molecule has 0 bridgehead atoms. The highest BCUT2D eigenvalue weighted by molar-refractivity contribution is 9.10. The van der Waals surface area contributed by atoms with Crippen molar-refractivity contribution in [3.8, 4) is 0 Å². The van der Waals surface area contributed by atoms with E-state index in [1.54, 1.807) is 18.2 Å². The number of halogens is 1. The van der Waals surface area contributed by atoms with Crippen LogP contribution >= 0.6 is 15.9 Å². The highest BCUT2D eigenvalue weighted by Crippen LogP contribution is 2.27. The van der Waals surface area contributed by atoms with Gasteiger partial charge in [-0.1, -0.05) is 46.3 Å². The number of hydrogen-bond acceptors (Lipinski definition) is 6. The van der Waals surface area contributed by atoms with Crippen LogP contribution in [0.15, 0.2) is 87.1 Å². The number of ether oxygens (including phenoxy) is 1. The van der Waals surface area contributed by atoms with Gasteiger partial charge in [-0.3, -0.25) is 10.1 Å². The van der Waals surface area contributed by atoms with Gasteiger partial charge in [0.05, 0.1) is 20.3 Å². The molecule has 0 atom stereocenters. The number of benzene rings is 3. The minimum atomic E-state index is -4.08. The molecule has 0 aliphatic carbocycles. The molecule has 3 aromatic rings. The standard InChI is InChI=1S/C20H14BrNO6S/c21-18-7-3-1-5-14(18)13-28-20(23)17-6-2-4-8-19(17)29(26,27)16-11-9-15(10-12-16)22(24)25/h1-12H,13H2. The Hall–Kier alpha value is -3.04. The summed E-state index contributed by atoms with van der Waals surface area (Å²) in [6, 6.07) is 17.3. The first-order chi connectivity index (χ1) is 13.8. The second-order valence-electron chi connectivity index (χ2n) is 5.92. The van der Waals surface area contributed by atoms with E-state index in [0.717, 1.165) is 34.3 Å². The average molecular weight is 476 g/mol. The Kier molecular flexibility index (Phi) is 6.09. The molecule has 0 heterocycles. The summed E-state index contributed by atoms with van der Waals surface area (Å²) >= 11 is 3.36. The highest BCUT2D eigenvalue weighted by Gasteiger charge is 2.25. The summed E-state index contributed by atoms with van der Waals surface area (Å²) in [6.45, 7) is -0.0355. The molecule has 0 amide bonds. The lowest BCUT2D eigenvalue weighted by Crippen LogP contribution is -2.12. The van der Waals surface area contributed by atoms with Gasteiger partial charge in [0.1, 0.15) is 6.61 Å². The Morgan fingerprint density at radius 3 is 2.24 bits per heavy atom. The fraction of sp³-hybridized carbons (Fsp3) is 0.0500. The average Bonchev–Trinajstić information content (AvgIpc) is 2.73. The summed E-state index contributed by atoms with van der Waals surface area (Å²) < 4.78 is 32.0. The first-order valence-corrected chi connectivity index (χ1v) is 10.6. The predicted octanol–water partition coefficient (Wildman–Crippen LogP) is 4.55. The number of nitro benzene ring substituents is 1. The van der Waals surface area contributed by atoms with Gasteiger partial charge in [-0.2, -0.15) is 0 Å². The molecule has 0 saturated carbocycles. The van der Waals surface area contributed by atoms with Crippen molar-refractivity contribution in [2.24, 2.45) is 0 Å². The van der Waals surface area contributed by atoms with Crippen LogP contribution in [0.1, 0.15) is 15.9 Å². The number of esters is 1. The van der Waals surface area contributed by atoms with E-state index < -0.39 is 20.7 Å². The summed E-state index contributed by atoms with van der Waals surface area (Å²) in [5.41, 5.74) is 0.388. The number of hydrogen-bond donors (Lipinski definition) is 0. The van der Waals surface area contributed by atoms with Gasteiger partial charge in [-0.15, -0.1) is 0 Å². The maximum atomic E-state index is 13.0. The summed E-state index contributed by atoms with van der Waals surface area (Å²) in [4.78, 5) is 22.3. The van der Waals surface area contributed by atoms with Gasteiger partial charge >= 0.3 is 5.97 Å². The first-order valence-electron chi connectivity index (χ1n) is 8.30. The van der Waals surface area contributed by atoms with E-state index in [0.29, 0.717) is 0 Å². The van der Waals surface area contributed by atoms with Crippen LogP contribution in [-0.2, 0) is 21.2 Å². The van der Waals surface area contributed by atoms with E-state index >= 15 is 0 Å². The van der Waals surface area contributed by atoms with Crippen molar-refractivity contribution >= 4 is 37.4 Å². The Balaban J connectivity index is 1.90. The third-order valence-electron chi connectivity index (χ3n) is 4.07. The van der Waals surface area contributed by atoms with E-state index in [2.05, 4.69) is 15.9 Å². The molecule has 0 N–H and O–H groups in total. The number of sulfone groups is 1. The smallest absolute Gasteiger partial charge is 0.339 e. The van der Waals surface area contributed by atoms with Crippen LogP contribution in [0.25, 0.3) is 0 Å². The fourth-order valence-corrected chi connectivity index (χ4v) is 4.43. The fourth-order valence-electron chi connectivity index (χ4n) is 2.58. The monoisotopic (exact) mass is 475 g/mol. The zero-order chi connectivity index (χ0) is 21.0. The van der Waals surface area contributed by atoms with E-state index in [1.165, 1.54) is 24.3 Å². The van der Waals surface area contributed by atoms with Crippen molar-refractivity contribution in [2.75, 3.05) is 0 Å². The van der Waals surface area contributed by atoms with Crippen molar-refractivity contribution in [3.63, 3.8) is 0 Å². The van der Waals surface area contributed by atoms with Crippen molar-refractivity contribution in [2.45, 2.75) is 16.4 Å². The molecule has 3 aromatic carbocycles. The summed E-state index contributed by atoms with van der Waals surface area (Å²) in [5, 5.41) is 10.8. The lowest BCUT2D eigenvalue weighted by atomic mass is 10.2. The molecule has 0 unspecified atom stereocenters. The molecule has 0 saturated heterocycles. The molecule has 0 aromatic heterocycles. The molecule has 0 aliphatic heterocycles. The molecule has 7 nitrogen and oxygen atoms in total. The molecule has 29 heavy (non-hydrogen) atoms. The number of nitrogens with zero attached hydrogens (tertiary/aromatic N) is 1. The van der Waals surface area contributed by atoms with Crippen molar-refractivity contribution in [1.82, 2.24) is 0 Å². The van der Waals surface area contributed by atoms with Crippen LogP contribution in [0, 0.1) is 10.1 Å². The van der Waals surface area contributed by atoms with Crippen molar-refractivity contribution in [3.05, 3.63) is 98.5 Å². The highest BCUT2D eigenvalue weighted by atomic mass is 79.9. The minimum absolute atomic E-state index is 0.0355. The number of rotatable bonds is 6. The minimum Gasteiger partial charge on any atom is -0.457 e. The van der Waals surface area contributed by atoms with E-state index in [1.807, 2.05) is 6.07 Å². The van der Waals surface area contributed by atoms with Gasteiger partial charge in [0.2, 0.25) is 9.84 Å². The Morgan fingerprint density at radius 1 is 0.966 bits per heavy atom. The number of carbonyl (C=O) groups is 1. The molecule has 148 valence electrons. The van der Waals surface area contributed by atoms with Crippen LogP contribution in [0.5, 0.6) is 0 Å². The maximum absolute atomic E-state index is 13.0. The molecule has 0 radical (unpaired) electrons. The lowest BCUT2D eigenvalue weighted by molar-refractivity contribution is -0.384. The molecule has 0 spiro atoms. The van der Waals surface area contributed by atoms with E-state index in [4.69, 9.17) is 4.74 Å². The predicted molar refractivity (Wildman–Crippen MR) is 108 cm³/mol. The second kappa shape index (κ2) is 8.54. The van der Waals surface area contributed by atoms with Crippen LogP contribution in [-0.4, -0.2) is 19.3 Å². The van der Waals surface area contributed by atoms with Crippen LogP contribution in [0.2, 0.25) is 0 Å². The number of nitro groups is 1. The van der Waals surface area contributed by atoms with Crippen LogP contribution < -0.4 is 0 Å². The molecule has 9 heteroatoms. The first kappa shape index (κ1) is 20.7. The molecule has 0 aliphatic rings. The Morgan fingerprint density at radius 2 is 1.59 bits per heavy atom. The van der Waals surface area contributed by atoms with Gasteiger partial charge in [-0.25, -0.2) is 13.2 Å². The quantitative estimate of drug-likeness (QED) is 0.294. The largest absolute Gasteiger partial charge is 0.457 e. The van der Waals surface area contributed by atoms with E-state index in [-0.39, 0.29) is 27.6 Å². The third kappa shape index (κ3) is 4.52. The summed E-state index contributed by atoms with van der Waals surface area (Å²) in [6.07, 6.45) is 0. The summed E-state index contributed by atoms with van der Waals surface area (Å²) in [7, 11) is -4.08. The summed E-state index contributed by atoms with van der Waals surface area (Å²) in [5.74, 6) is -0.790. The molecular weight excluding hydrogens is 462 g/mol.